The van der Waals surface area contributed by atoms with Crippen molar-refractivity contribution in [3.05, 3.63) is 37.5 Å². The Morgan fingerprint density at radius 2 is 1.50 bits per heavy atom. The van der Waals surface area contributed by atoms with Gasteiger partial charge >= 0.3 is 5.97 Å². The van der Waals surface area contributed by atoms with Gasteiger partial charge in [-0.3, -0.25) is 4.79 Å². The van der Waals surface area contributed by atoms with Gasteiger partial charge in [0.1, 0.15) is 0 Å². The standard InChI is InChI=1S/C7H14.C6H8.C3H6O2/c1-7-5-3-2-4-6-7;1-3-5-6-4-2;1-3(4)5-2/h7H,2-6H2,1H3;3-6H,1-2H2;1-2H3/b;6-5-;. The molecule has 2 heteroatoms. The fraction of sp³-hybridized carbons (Fsp3) is 0.562. The van der Waals surface area contributed by atoms with Gasteiger partial charge in [-0.2, -0.15) is 0 Å². The molecule has 0 bridgehead atoms. The molecule has 0 atom stereocenters. The minimum atomic E-state index is -0.245. The highest BCUT2D eigenvalue weighted by Gasteiger charge is 2.05. The van der Waals surface area contributed by atoms with E-state index < -0.39 is 0 Å². The average molecular weight is 252 g/mol. The van der Waals surface area contributed by atoms with Gasteiger partial charge in [0.15, 0.2) is 0 Å². The monoisotopic (exact) mass is 252 g/mol. The number of carbonyl (C=O) groups is 1. The Morgan fingerprint density at radius 1 is 1.11 bits per heavy atom. The Bertz CT molecular complexity index is 225. The van der Waals surface area contributed by atoms with Crippen LogP contribution in [-0.2, 0) is 9.53 Å². The predicted octanol–water partition coefficient (Wildman–Crippen LogP) is 4.68. The maximum atomic E-state index is 9.59. The van der Waals surface area contributed by atoms with Gasteiger partial charge in [0.25, 0.3) is 0 Å². The molecule has 1 fully saturated rings. The van der Waals surface area contributed by atoms with E-state index >= 15 is 0 Å². The number of allylic oxidation sites excluding steroid dienone is 4. The molecule has 0 heterocycles. The van der Waals surface area contributed by atoms with E-state index in [1.54, 1.807) is 12.2 Å². The number of ether oxygens (including phenoxy) is 1. The fourth-order valence-electron chi connectivity index (χ4n) is 1.46. The lowest BCUT2D eigenvalue weighted by Crippen LogP contribution is -1.99. The second-order valence-corrected chi connectivity index (χ2v) is 4.30. The number of esters is 1. The lowest BCUT2D eigenvalue weighted by atomic mass is 9.91. The van der Waals surface area contributed by atoms with E-state index in [0.29, 0.717) is 0 Å². The van der Waals surface area contributed by atoms with Crippen LogP contribution in [0, 0.1) is 5.92 Å². The Balaban J connectivity index is 0. The highest BCUT2D eigenvalue weighted by molar-refractivity contribution is 5.65. The first-order valence-corrected chi connectivity index (χ1v) is 6.53. The summed E-state index contributed by atoms with van der Waals surface area (Å²) in [6.07, 6.45) is 14.5. The second-order valence-electron chi connectivity index (χ2n) is 4.30. The van der Waals surface area contributed by atoms with Crippen molar-refractivity contribution in [2.75, 3.05) is 7.11 Å². The molecule has 0 aromatic carbocycles. The summed E-state index contributed by atoms with van der Waals surface area (Å²) in [6, 6.07) is 0. The predicted molar refractivity (Wildman–Crippen MR) is 79.5 cm³/mol. The smallest absolute Gasteiger partial charge is 0.302 e. The minimum Gasteiger partial charge on any atom is -0.469 e. The minimum absolute atomic E-state index is 0.245. The van der Waals surface area contributed by atoms with Crippen LogP contribution in [0.2, 0.25) is 0 Å². The molecular formula is C16H28O2. The van der Waals surface area contributed by atoms with E-state index in [2.05, 4.69) is 24.8 Å². The van der Waals surface area contributed by atoms with Crippen LogP contribution in [-0.4, -0.2) is 13.1 Å². The topological polar surface area (TPSA) is 26.3 Å². The summed E-state index contributed by atoms with van der Waals surface area (Å²) in [4.78, 5) is 9.59. The number of methoxy groups -OCH3 is 1. The highest BCUT2D eigenvalue weighted by atomic mass is 16.5. The third-order valence-corrected chi connectivity index (χ3v) is 2.56. The second kappa shape index (κ2) is 15.7. The third-order valence-electron chi connectivity index (χ3n) is 2.56. The fourth-order valence-corrected chi connectivity index (χ4v) is 1.46. The van der Waals surface area contributed by atoms with E-state index in [-0.39, 0.29) is 5.97 Å². The van der Waals surface area contributed by atoms with Gasteiger partial charge in [-0.25, -0.2) is 0 Å². The molecule has 0 spiro atoms. The Kier molecular flexibility index (Phi) is 16.6. The largest absolute Gasteiger partial charge is 0.469 e. The zero-order chi connectivity index (χ0) is 14.2. The molecule has 0 aromatic heterocycles. The Hall–Kier alpha value is -1.31. The summed E-state index contributed by atoms with van der Waals surface area (Å²) in [6.45, 7) is 10.6. The van der Waals surface area contributed by atoms with Gasteiger partial charge in [-0.05, 0) is 5.92 Å². The van der Waals surface area contributed by atoms with Crippen LogP contribution in [0.4, 0.5) is 0 Å². The quantitative estimate of drug-likeness (QED) is 0.527. The van der Waals surface area contributed by atoms with E-state index in [9.17, 15) is 4.79 Å². The molecule has 0 amide bonds. The number of hydrogen-bond donors (Lipinski definition) is 0. The molecule has 0 aliphatic heterocycles. The van der Waals surface area contributed by atoms with Crippen molar-refractivity contribution in [3.8, 4) is 0 Å². The lowest BCUT2D eigenvalue weighted by molar-refractivity contribution is -0.137. The zero-order valence-electron chi connectivity index (χ0n) is 12.2. The van der Waals surface area contributed by atoms with Crippen molar-refractivity contribution < 1.29 is 9.53 Å². The summed E-state index contributed by atoms with van der Waals surface area (Å²) in [5, 5.41) is 0. The van der Waals surface area contributed by atoms with Gasteiger partial charge < -0.3 is 4.74 Å². The Labute approximate surface area is 112 Å². The summed E-state index contributed by atoms with van der Waals surface area (Å²) >= 11 is 0. The van der Waals surface area contributed by atoms with Crippen LogP contribution in [0.3, 0.4) is 0 Å². The van der Waals surface area contributed by atoms with Gasteiger partial charge in [-0.15, -0.1) is 0 Å². The molecule has 2 nitrogen and oxygen atoms in total. The van der Waals surface area contributed by atoms with Gasteiger partial charge in [0.05, 0.1) is 7.11 Å². The zero-order valence-corrected chi connectivity index (χ0v) is 12.2. The van der Waals surface area contributed by atoms with Crippen molar-refractivity contribution in [1.82, 2.24) is 0 Å². The first kappa shape index (κ1) is 19.0. The number of hydrogen-bond acceptors (Lipinski definition) is 2. The summed E-state index contributed by atoms with van der Waals surface area (Å²) in [5.41, 5.74) is 0. The van der Waals surface area contributed by atoms with Crippen molar-refractivity contribution >= 4 is 5.97 Å². The number of carbonyl (C=O) groups excluding carboxylic acids is 1. The van der Waals surface area contributed by atoms with Crippen LogP contribution in [0.15, 0.2) is 37.5 Å². The first-order valence-electron chi connectivity index (χ1n) is 6.53. The molecule has 1 saturated carbocycles. The van der Waals surface area contributed by atoms with Gasteiger partial charge in [0, 0.05) is 6.92 Å². The molecule has 1 aliphatic rings. The van der Waals surface area contributed by atoms with E-state index in [1.165, 1.54) is 46.1 Å². The Morgan fingerprint density at radius 3 is 1.67 bits per heavy atom. The van der Waals surface area contributed by atoms with E-state index in [1.807, 2.05) is 12.2 Å². The van der Waals surface area contributed by atoms with E-state index in [4.69, 9.17) is 0 Å². The number of rotatable bonds is 2. The summed E-state index contributed by atoms with van der Waals surface area (Å²) in [5.74, 6) is 0.791. The molecule has 0 unspecified atom stereocenters. The molecule has 1 aliphatic carbocycles. The lowest BCUT2D eigenvalue weighted by Gasteiger charge is -2.15. The molecule has 0 radical (unpaired) electrons. The maximum absolute atomic E-state index is 9.59. The van der Waals surface area contributed by atoms with Crippen molar-refractivity contribution in [3.63, 3.8) is 0 Å². The van der Waals surface area contributed by atoms with Crippen LogP contribution < -0.4 is 0 Å². The van der Waals surface area contributed by atoms with Crippen molar-refractivity contribution in [2.24, 2.45) is 5.92 Å². The summed E-state index contributed by atoms with van der Waals surface area (Å²) < 4.78 is 4.11. The molecule has 0 N–H and O–H groups in total. The molecule has 18 heavy (non-hydrogen) atoms. The average Bonchev–Trinajstić information content (AvgIpc) is 2.38. The van der Waals surface area contributed by atoms with Crippen LogP contribution >= 0.6 is 0 Å². The van der Waals surface area contributed by atoms with Crippen molar-refractivity contribution in [1.29, 1.82) is 0 Å². The maximum Gasteiger partial charge on any atom is 0.302 e. The highest BCUT2D eigenvalue weighted by Crippen LogP contribution is 2.22. The normalized spacial score (nSPS) is 14.6. The van der Waals surface area contributed by atoms with Crippen LogP contribution in [0.5, 0.6) is 0 Å². The van der Waals surface area contributed by atoms with Crippen LogP contribution in [0.25, 0.3) is 0 Å². The first-order chi connectivity index (χ1) is 8.58. The van der Waals surface area contributed by atoms with Crippen molar-refractivity contribution in [2.45, 2.75) is 46.0 Å². The molecule has 0 aromatic rings. The van der Waals surface area contributed by atoms with Crippen LogP contribution in [0.1, 0.15) is 46.0 Å². The summed E-state index contributed by atoms with van der Waals surface area (Å²) in [7, 11) is 1.35. The van der Waals surface area contributed by atoms with Gasteiger partial charge in [-0.1, -0.05) is 76.5 Å². The third kappa shape index (κ3) is 20.1. The molecule has 1 rings (SSSR count). The van der Waals surface area contributed by atoms with E-state index in [0.717, 1.165) is 5.92 Å². The molecule has 104 valence electrons. The molecule has 0 saturated heterocycles. The molecular weight excluding hydrogens is 224 g/mol. The SMILES string of the molecule is C=C/C=C\C=C.CC1CCCCC1.COC(C)=O. The van der Waals surface area contributed by atoms with Gasteiger partial charge in [0.2, 0.25) is 0 Å².